The molecule has 3 aromatic rings. The number of carbonyl (C=O) groups is 1. The summed E-state index contributed by atoms with van der Waals surface area (Å²) in [6, 6.07) is 14.3. The number of anilines is 2. The van der Waals surface area contributed by atoms with E-state index in [0.29, 0.717) is 34.4 Å². The summed E-state index contributed by atoms with van der Waals surface area (Å²) in [5, 5.41) is 19.1. The Bertz CT molecular complexity index is 1510. The Morgan fingerprint density at radius 3 is 2.47 bits per heavy atom. The van der Waals surface area contributed by atoms with Crippen LogP contribution in [0.1, 0.15) is 27.0 Å². The van der Waals surface area contributed by atoms with Crippen LogP contribution in [0.5, 0.6) is 5.75 Å². The van der Waals surface area contributed by atoms with Gasteiger partial charge in [-0.15, -0.1) is 0 Å². The predicted molar refractivity (Wildman–Crippen MR) is 128 cm³/mol. The van der Waals surface area contributed by atoms with Gasteiger partial charge in [0, 0.05) is 17.8 Å². The van der Waals surface area contributed by atoms with E-state index in [4.69, 9.17) is 5.26 Å². The van der Waals surface area contributed by atoms with Crippen molar-refractivity contribution in [2.45, 2.75) is 19.0 Å². The molecular formula is C25H20F3N3O4S. The summed E-state index contributed by atoms with van der Waals surface area (Å²) < 4.78 is 64.8. The van der Waals surface area contributed by atoms with Crippen molar-refractivity contribution in [3.8, 4) is 22.9 Å². The molecule has 3 aromatic carbocycles. The number of hydrogen-bond donors (Lipinski definition) is 2. The highest BCUT2D eigenvalue weighted by molar-refractivity contribution is 7.92. The highest BCUT2D eigenvalue weighted by atomic mass is 32.2. The van der Waals surface area contributed by atoms with Gasteiger partial charge in [-0.05, 0) is 65.1 Å². The second kappa shape index (κ2) is 9.20. The number of hydrogen-bond acceptors (Lipinski definition) is 5. The number of sulfonamides is 1. The van der Waals surface area contributed by atoms with E-state index >= 15 is 0 Å². The van der Waals surface area contributed by atoms with Gasteiger partial charge in [-0.3, -0.25) is 9.52 Å². The molecule has 0 bridgehead atoms. The molecule has 0 atom stereocenters. The summed E-state index contributed by atoms with van der Waals surface area (Å²) in [4.78, 5) is 14.7. The fourth-order valence-electron chi connectivity index (χ4n) is 4.16. The van der Waals surface area contributed by atoms with Gasteiger partial charge in [-0.2, -0.15) is 18.4 Å². The molecule has 36 heavy (non-hydrogen) atoms. The van der Waals surface area contributed by atoms with Crippen molar-refractivity contribution in [2.75, 3.05) is 22.4 Å². The maximum Gasteiger partial charge on any atom is 0.416 e. The van der Waals surface area contributed by atoms with Gasteiger partial charge in [-0.25, -0.2) is 8.42 Å². The molecule has 11 heteroatoms. The molecule has 0 spiro atoms. The standard InChI is InChI=1S/C25H20F3N3O4S/c1-36(34,35)30-22-14-19(4-7-23(22)32)31-11-9-17-12-15(2-5-21(17)24(31)33)20-6-3-18(25(26,27)28)13-16(20)8-10-29/h2-7,12-14,30,32H,8-9,11H2,1H3. The Morgan fingerprint density at radius 2 is 1.81 bits per heavy atom. The predicted octanol–water partition coefficient (Wildman–Crippen LogP) is 4.72. The third-order valence-electron chi connectivity index (χ3n) is 5.79. The first-order chi connectivity index (χ1) is 16.9. The van der Waals surface area contributed by atoms with Crippen LogP contribution >= 0.6 is 0 Å². The lowest BCUT2D eigenvalue weighted by atomic mass is 9.90. The zero-order valence-electron chi connectivity index (χ0n) is 18.9. The molecule has 1 amide bonds. The van der Waals surface area contributed by atoms with E-state index in [1.807, 2.05) is 6.07 Å². The number of nitrogens with one attached hydrogen (secondary N) is 1. The molecule has 0 unspecified atom stereocenters. The summed E-state index contributed by atoms with van der Waals surface area (Å²) in [7, 11) is -3.66. The lowest BCUT2D eigenvalue weighted by Gasteiger charge is -2.29. The number of fused-ring (bicyclic) bond motifs is 1. The van der Waals surface area contributed by atoms with Crippen molar-refractivity contribution >= 4 is 27.3 Å². The van der Waals surface area contributed by atoms with Crippen LogP contribution in [0, 0.1) is 11.3 Å². The SMILES string of the molecule is CS(=O)(=O)Nc1cc(N2CCc3cc(-c4ccc(C(F)(F)F)cc4CC#N)ccc3C2=O)ccc1O. The molecule has 2 N–H and O–H groups in total. The van der Waals surface area contributed by atoms with E-state index in [-0.39, 0.29) is 35.9 Å². The van der Waals surface area contributed by atoms with E-state index in [0.717, 1.165) is 18.4 Å². The minimum Gasteiger partial charge on any atom is -0.506 e. The third kappa shape index (κ3) is 5.13. The third-order valence-corrected chi connectivity index (χ3v) is 6.38. The smallest absolute Gasteiger partial charge is 0.416 e. The molecule has 0 aromatic heterocycles. The summed E-state index contributed by atoms with van der Waals surface area (Å²) in [6.07, 6.45) is -3.36. The zero-order chi connectivity index (χ0) is 26.3. The normalized spacial score (nSPS) is 13.8. The number of phenolic OH excluding ortho intramolecular Hbond substituents is 1. The number of phenols is 1. The van der Waals surface area contributed by atoms with Gasteiger partial charge in [0.1, 0.15) is 5.75 Å². The second-order valence-electron chi connectivity index (χ2n) is 8.36. The van der Waals surface area contributed by atoms with Crippen LogP contribution in [-0.2, 0) is 29.0 Å². The number of benzene rings is 3. The number of carbonyl (C=O) groups excluding carboxylic acids is 1. The molecule has 0 saturated heterocycles. The van der Waals surface area contributed by atoms with Crippen molar-refractivity contribution < 1.29 is 31.5 Å². The molecule has 0 radical (unpaired) electrons. The lowest BCUT2D eigenvalue weighted by molar-refractivity contribution is -0.137. The van der Waals surface area contributed by atoms with Gasteiger partial charge in [0.25, 0.3) is 5.91 Å². The van der Waals surface area contributed by atoms with Crippen LogP contribution in [-0.4, -0.2) is 32.2 Å². The highest BCUT2D eigenvalue weighted by Crippen LogP contribution is 2.36. The molecule has 1 heterocycles. The maximum atomic E-state index is 13.2. The molecular weight excluding hydrogens is 495 g/mol. The first kappa shape index (κ1) is 25.1. The van der Waals surface area contributed by atoms with Crippen LogP contribution in [0.4, 0.5) is 24.5 Å². The Balaban J connectivity index is 1.67. The topological polar surface area (TPSA) is 111 Å². The maximum absolute atomic E-state index is 13.2. The first-order valence-corrected chi connectivity index (χ1v) is 12.6. The number of nitriles is 1. The van der Waals surface area contributed by atoms with Gasteiger partial charge < -0.3 is 10.0 Å². The molecule has 1 aliphatic heterocycles. The molecule has 7 nitrogen and oxygen atoms in total. The van der Waals surface area contributed by atoms with E-state index in [1.54, 1.807) is 18.2 Å². The largest absolute Gasteiger partial charge is 0.506 e. The van der Waals surface area contributed by atoms with Gasteiger partial charge in [0.2, 0.25) is 10.0 Å². The van der Waals surface area contributed by atoms with Gasteiger partial charge >= 0.3 is 6.18 Å². The number of aromatic hydroxyl groups is 1. The number of nitrogens with zero attached hydrogens (tertiary/aromatic N) is 2. The van der Waals surface area contributed by atoms with Gasteiger partial charge in [0.05, 0.1) is 30.0 Å². The summed E-state index contributed by atoms with van der Waals surface area (Å²) in [6.45, 7) is 0.260. The van der Waals surface area contributed by atoms with E-state index in [1.165, 1.54) is 29.2 Å². The Kier molecular flexibility index (Phi) is 6.41. The van der Waals surface area contributed by atoms with Crippen LogP contribution < -0.4 is 9.62 Å². The molecule has 4 rings (SSSR count). The Labute approximate surface area is 205 Å². The number of rotatable bonds is 5. The van der Waals surface area contributed by atoms with Crippen molar-refractivity contribution in [2.24, 2.45) is 0 Å². The van der Waals surface area contributed by atoms with Crippen LogP contribution in [0.15, 0.2) is 54.6 Å². The molecule has 0 aliphatic carbocycles. The fraction of sp³-hybridized carbons (Fsp3) is 0.200. The van der Waals surface area contributed by atoms with Crippen molar-refractivity contribution in [1.29, 1.82) is 5.26 Å². The summed E-state index contributed by atoms with van der Waals surface area (Å²) >= 11 is 0. The average Bonchev–Trinajstić information content (AvgIpc) is 2.79. The van der Waals surface area contributed by atoms with E-state index in [2.05, 4.69) is 4.72 Å². The molecule has 1 aliphatic rings. The van der Waals surface area contributed by atoms with Crippen LogP contribution in [0.2, 0.25) is 0 Å². The number of alkyl halides is 3. The lowest BCUT2D eigenvalue weighted by Crippen LogP contribution is -2.37. The van der Waals surface area contributed by atoms with Crippen LogP contribution in [0.3, 0.4) is 0 Å². The van der Waals surface area contributed by atoms with Gasteiger partial charge in [-0.1, -0.05) is 18.2 Å². The monoisotopic (exact) mass is 515 g/mol. The molecule has 0 fully saturated rings. The highest BCUT2D eigenvalue weighted by Gasteiger charge is 2.31. The zero-order valence-corrected chi connectivity index (χ0v) is 19.7. The molecule has 186 valence electrons. The quantitative estimate of drug-likeness (QED) is 0.478. The minimum atomic E-state index is -4.53. The minimum absolute atomic E-state index is 0.0590. The fourth-order valence-corrected chi connectivity index (χ4v) is 4.72. The van der Waals surface area contributed by atoms with Gasteiger partial charge in [0.15, 0.2) is 0 Å². The first-order valence-electron chi connectivity index (χ1n) is 10.7. The van der Waals surface area contributed by atoms with Crippen LogP contribution in [0.25, 0.3) is 11.1 Å². The van der Waals surface area contributed by atoms with E-state index < -0.39 is 21.8 Å². The average molecular weight is 516 g/mol. The summed E-state index contributed by atoms with van der Waals surface area (Å²) in [5.41, 5.74) is 1.91. The number of halogens is 3. The Morgan fingerprint density at radius 1 is 1.08 bits per heavy atom. The number of amides is 1. The van der Waals surface area contributed by atoms with Crippen molar-refractivity contribution in [1.82, 2.24) is 0 Å². The van der Waals surface area contributed by atoms with E-state index in [9.17, 15) is 31.5 Å². The van der Waals surface area contributed by atoms with Crippen molar-refractivity contribution in [3.63, 3.8) is 0 Å². The van der Waals surface area contributed by atoms with Crippen molar-refractivity contribution in [3.05, 3.63) is 76.9 Å². The molecule has 0 saturated carbocycles. The summed E-state index contributed by atoms with van der Waals surface area (Å²) in [5.74, 6) is -0.633. The Hall–Kier alpha value is -4.04. The second-order valence-corrected chi connectivity index (χ2v) is 10.1.